The van der Waals surface area contributed by atoms with E-state index in [0.29, 0.717) is 0 Å². The van der Waals surface area contributed by atoms with Crippen LogP contribution in [0.3, 0.4) is 0 Å². The van der Waals surface area contributed by atoms with Crippen LogP contribution in [0.2, 0.25) is 0 Å². The number of nitrogens with zero attached hydrogens (tertiary/aromatic N) is 1. The zero-order chi connectivity index (χ0) is 16.3. The van der Waals surface area contributed by atoms with Crippen LogP contribution in [-0.4, -0.2) is 16.4 Å². The Morgan fingerprint density at radius 3 is 2.83 bits per heavy atom. The quantitative estimate of drug-likeness (QED) is 0.731. The molecule has 24 heavy (non-hydrogen) atoms. The van der Waals surface area contributed by atoms with E-state index in [1.54, 1.807) is 11.3 Å². The molecule has 2 aliphatic rings. The monoisotopic (exact) mass is 336 g/mol. The van der Waals surface area contributed by atoms with Crippen LogP contribution in [0.15, 0.2) is 41.2 Å². The van der Waals surface area contributed by atoms with Crippen LogP contribution in [0.1, 0.15) is 34.9 Å². The lowest BCUT2D eigenvalue weighted by atomic mass is 9.84. The van der Waals surface area contributed by atoms with Gasteiger partial charge in [0.2, 0.25) is 11.8 Å². The molecule has 1 aromatic carbocycles. The van der Waals surface area contributed by atoms with Crippen molar-refractivity contribution in [3.05, 3.63) is 57.9 Å². The molecular formula is C19H16N2O2S. The molecule has 0 unspecified atom stereocenters. The molecular weight excluding hydrogens is 320 g/mol. The fraction of sp³-hybridized carbons (Fsp3) is 0.263. The molecule has 120 valence electrons. The standard InChI is InChI=1S/C19H16N2O2S/c22-18-15(12-6-8-24-10-12)16(19(23)20-18)14-9-21-7-2-4-11-3-1-5-13(14)17(11)21/h1,3,5-6,8-10,15-16H,2,4,7H2,(H,20,22,23)/t15-,16-/m1/s1. The predicted molar refractivity (Wildman–Crippen MR) is 93.2 cm³/mol. The Balaban J connectivity index is 1.73. The van der Waals surface area contributed by atoms with Gasteiger partial charge in [0, 0.05) is 18.1 Å². The summed E-state index contributed by atoms with van der Waals surface area (Å²) in [6.45, 7) is 0.971. The Morgan fingerprint density at radius 1 is 1.12 bits per heavy atom. The lowest BCUT2D eigenvalue weighted by Crippen LogP contribution is -2.21. The van der Waals surface area contributed by atoms with Crippen LogP contribution in [0.5, 0.6) is 0 Å². The number of carbonyl (C=O) groups excluding carboxylic acids is 2. The second kappa shape index (κ2) is 5.05. The van der Waals surface area contributed by atoms with Crippen molar-refractivity contribution in [1.82, 2.24) is 9.88 Å². The maximum atomic E-state index is 12.6. The summed E-state index contributed by atoms with van der Waals surface area (Å²) in [4.78, 5) is 25.0. The van der Waals surface area contributed by atoms with Crippen molar-refractivity contribution in [2.45, 2.75) is 31.2 Å². The minimum absolute atomic E-state index is 0.181. The highest BCUT2D eigenvalue weighted by molar-refractivity contribution is 7.08. The number of imide groups is 1. The highest BCUT2D eigenvalue weighted by atomic mass is 32.1. The average molecular weight is 336 g/mol. The first-order valence-corrected chi connectivity index (χ1v) is 9.16. The van der Waals surface area contributed by atoms with Crippen molar-refractivity contribution in [2.75, 3.05) is 0 Å². The van der Waals surface area contributed by atoms with Gasteiger partial charge >= 0.3 is 0 Å². The van der Waals surface area contributed by atoms with Gasteiger partial charge in [-0.1, -0.05) is 18.2 Å². The number of carbonyl (C=O) groups is 2. The Labute approximate surface area is 143 Å². The lowest BCUT2D eigenvalue weighted by Gasteiger charge is -2.15. The molecule has 2 amide bonds. The molecule has 1 fully saturated rings. The van der Waals surface area contributed by atoms with E-state index in [9.17, 15) is 9.59 Å². The van der Waals surface area contributed by atoms with E-state index < -0.39 is 11.8 Å². The average Bonchev–Trinajstić information content (AvgIpc) is 3.27. The molecule has 1 saturated heterocycles. The smallest absolute Gasteiger partial charge is 0.235 e. The molecule has 2 atom stereocenters. The molecule has 4 nitrogen and oxygen atoms in total. The first-order chi connectivity index (χ1) is 11.7. The number of nitrogens with one attached hydrogen (secondary N) is 1. The summed E-state index contributed by atoms with van der Waals surface area (Å²) in [7, 11) is 0. The molecule has 5 rings (SSSR count). The van der Waals surface area contributed by atoms with Gasteiger partial charge in [-0.25, -0.2) is 0 Å². The number of hydrogen-bond donors (Lipinski definition) is 1. The van der Waals surface area contributed by atoms with Crippen LogP contribution >= 0.6 is 11.3 Å². The van der Waals surface area contributed by atoms with Gasteiger partial charge in [0.15, 0.2) is 0 Å². The maximum absolute atomic E-state index is 12.6. The largest absolute Gasteiger partial charge is 0.347 e. The van der Waals surface area contributed by atoms with E-state index in [-0.39, 0.29) is 11.8 Å². The van der Waals surface area contributed by atoms with Gasteiger partial charge in [-0.05, 0) is 46.4 Å². The SMILES string of the molecule is O=C1NC(=O)[C@H](c2cn3c4c(cccc24)CCC3)[C@H]1c1ccsc1. The second-order valence-corrected chi connectivity index (χ2v) is 7.34. The molecule has 4 heterocycles. The number of aromatic nitrogens is 1. The van der Waals surface area contributed by atoms with Gasteiger partial charge in [-0.15, -0.1) is 0 Å². The van der Waals surface area contributed by atoms with Crippen molar-refractivity contribution in [2.24, 2.45) is 0 Å². The minimum Gasteiger partial charge on any atom is -0.347 e. The fourth-order valence-electron chi connectivity index (χ4n) is 4.23. The number of thiophene rings is 1. The Hall–Kier alpha value is -2.40. The van der Waals surface area contributed by atoms with Crippen LogP contribution in [0.4, 0.5) is 0 Å². The number of benzene rings is 1. The van der Waals surface area contributed by atoms with Gasteiger partial charge < -0.3 is 4.57 Å². The van der Waals surface area contributed by atoms with E-state index in [0.717, 1.165) is 35.9 Å². The van der Waals surface area contributed by atoms with Crippen molar-refractivity contribution in [1.29, 1.82) is 0 Å². The number of hydrogen-bond acceptors (Lipinski definition) is 3. The maximum Gasteiger partial charge on any atom is 0.235 e. The number of amides is 2. The van der Waals surface area contributed by atoms with Crippen LogP contribution in [0, 0.1) is 0 Å². The van der Waals surface area contributed by atoms with Gasteiger partial charge in [0.05, 0.1) is 17.4 Å². The van der Waals surface area contributed by atoms with Gasteiger partial charge in [0.1, 0.15) is 0 Å². The molecule has 1 N–H and O–H groups in total. The Bertz CT molecular complexity index is 971. The summed E-state index contributed by atoms with van der Waals surface area (Å²) in [6.07, 6.45) is 4.28. The number of aryl methyl sites for hydroxylation is 2. The van der Waals surface area contributed by atoms with Crippen LogP contribution in [0.25, 0.3) is 10.9 Å². The van der Waals surface area contributed by atoms with Gasteiger partial charge in [0.25, 0.3) is 0 Å². The minimum atomic E-state index is -0.441. The van der Waals surface area contributed by atoms with Crippen LogP contribution < -0.4 is 5.32 Å². The molecule has 5 heteroatoms. The Morgan fingerprint density at radius 2 is 2.00 bits per heavy atom. The molecule has 3 aromatic rings. The highest BCUT2D eigenvalue weighted by Gasteiger charge is 2.45. The first-order valence-electron chi connectivity index (χ1n) is 8.21. The topological polar surface area (TPSA) is 51.1 Å². The van der Waals surface area contributed by atoms with Crippen molar-refractivity contribution in [3.63, 3.8) is 0 Å². The zero-order valence-electron chi connectivity index (χ0n) is 13.0. The molecule has 0 saturated carbocycles. The third-order valence-corrected chi connectivity index (χ3v) is 5.94. The second-order valence-electron chi connectivity index (χ2n) is 6.56. The normalized spacial score (nSPS) is 23.0. The Kier molecular flexibility index (Phi) is 2.94. The van der Waals surface area contributed by atoms with Gasteiger partial charge in [-0.3, -0.25) is 14.9 Å². The van der Waals surface area contributed by atoms with Crippen molar-refractivity contribution in [3.8, 4) is 0 Å². The summed E-state index contributed by atoms with van der Waals surface area (Å²) >= 11 is 1.56. The lowest BCUT2D eigenvalue weighted by molar-refractivity contribution is -0.125. The molecule has 0 radical (unpaired) electrons. The highest BCUT2D eigenvalue weighted by Crippen LogP contribution is 2.42. The van der Waals surface area contributed by atoms with E-state index in [4.69, 9.17) is 0 Å². The molecule has 2 aromatic heterocycles. The summed E-state index contributed by atoms with van der Waals surface area (Å²) in [5.41, 5.74) is 4.48. The summed E-state index contributed by atoms with van der Waals surface area (Å²) in [5, 5.41) is 7.58. The van der Waals surface area contributed by atoms with E-state index >= 15 is 0 Å². The van der Waals surface area contributed by atoms with E-state index in [1.165, 1.54) is 11.1 Å². The fourth-order valence-corrected chi connectivity index (χ4v) is 4.92. The predicted octanol–water partition coefficient (Wildman–Crippen LogP) is 3.17. The van der Waals surface area contributed by atoms with E-state index in [1.807, 2.05) is 16.8 Å². The van der Waals surface area contributed by atoms with Crippen molar-refractivity contribution < 1.29 is 9.59 Å². The van der Waals surface area contributed by atoms with Crippen LogP contribution in [-0.2, 0) is 22.6 Å². The summed E-state index contributed by atoms with van der Waals surface area (Å²) < 4.78 is 2.25. The van der Waals surface area contributed by atoms with Gasteiger partial charge in [-0.2, -0.15) is 11.3 Å². The third kappa shape index (κ3) is 1.85. The molecule has 0 spiro atoms. The first kappa shape index (κ1) is 14.0. The number of para-hydroxylation sites is 1. The number of rotatable bonds is 2. The molecule has 0 aliphatic carbocycles. The molecule has 2 aliphatic heterocycles. The van der Waals surface area contributed by atoms with Crippen molar-refractivity contribution >= 4 is 34.1 Å². The summed E-state index contributed by atoms with van der Waals surface area (Å²) in [6, 6.07) is 8.25. The molecule has 0 bridgehead atoms. The summed E-state index contributed by atoms with van der Waals surface area (Å²) in [5.74, 6) is -1.23. The van der Waals surface area contributed by atoms with E-state index in [2.05, 4.69) is 34.3 Å². The zero-order valence-corrected chi connectivity index (χ0v) is 13.8. The third-order valence-electron chi connectivity index (χ3n) is 5.24.